The van der Waals surface area contributed by atoms with Crippen LogP contribution in [0.2, 0.25) is 0 Å². The predicted molar refractivity (Wildman–Crippen MR) is 89.2 cm³/mol. The summed E-state index contributed by atoms with van der Waals surface area (Å²) >= 11 is 0. The zero-order valence-corrected chi connectivity index (χ0v) is 14.9. The Morgan fingerprint density at radius 3 is 2.13 bits per heavy atom. The predicted octanol–water partition coefficient (Wildman–Crippen LogP) is 1.84. The van der Waals surface area contributed by atoms with Crippen LogP contribution in [-0.2, 0) is 9.53 Å². The van der Waals surface area contributed by atoms with Crippen LogP contribution in [0.25, 0.3) is 0 Å². The van der Waals surface area contributed by atoms with Crippen molar-refractivity contribution >= 4 is 11.9 Å². The molecule has 1 aliphatic carbocycles. The van der Waals surface area contributed by atoms with Gasteiger partial charge in [-0.15, -0.1) is 0 Å². The number of amides is 3. The molecule has 6 heteroatoms. The Labute approximate surface area is 139 Å². The van der Waals surface area contributed by atoms with E-state index in [1.807, 2.05) is 30.6 Å². The van der Waals surface area contributed by atoms with Crippen molar-refractivity contribution in [1.29, 1.82) is 0 Å². The SMILES string of the molecule is COC1(C(C)NC(=O)N2CCCN(C(=O)C(C)C)CC2)CCC1. The first kappa shape index (κ1) is 18.0. The Morgan fingerprint density at radius 1 is 1.00 bits per heavy atom. The summed E-state index contributed by atoms with van der Waals surface area (Å²) in [6.45, 7) is 8.50. The number of ether oxygens (including phenoxy) is 1. The molecule has 1 atom stereocenters. The third-order valence-corrected chi connectivity index (χ3v) is 5.32. The van der Waals surface area contributed by atoms with Gasteiger partial charge in [0.05, 0.1) is 11.6 Å². The maximum absolute atomic E-state index is 12.5. The molecule has 0 aromatic heterocycles. The molecule has 0 radical (unpaired) electrons. The fourth-order valence-electron chi connectivity index (χ4n) is 3.45. The van der Waals surface area contributed by atoms with Gasteiger partial charge in [-0.2, -0.15) is 0 Å². The highest BCUT2D eigenvalue weighted by Gasteiger charge is 2.43. The van der Waals surface area contributed by atoms with Gasteiger partial charge in [-0.3, -0.25) is 4.79 Å². The van der Waals surface area contributed by atoms with Crippen LogP contribution in [0.4, 0.5) is 4.79 Å². The highest BCUT2D eigenvalue weighted by Crippen LogP contribution is 2.37. The zero-order chi connectivity index (χ0) is 17.0. The van der Waals surface area contributed by atoms with Crippen molar-refractivity contribution in [1.82, 2.24) is 15.1 Å². The Bertz CT molecular complexity index is 429. The third kappa shape index (κ3) is 3.97. The first-order chi connectivity index (χ1) is 10.9. The Kier molecular flexibility index (Phi) is 5.89. The molecule has 1 unspecified atom stereocenters. The number of carbonyl (C=O) groups excluding carboxylic acids is 2. The molecule has 2 fully saturated rings. The van der Waals surface area contributed by atoms with Gasteiger partial charge < -0.3 is 19.9 Å². The van der Waals surface area contributed by atoms with Crippen molar-refractivity contribution in [3.05, 3.63) is 0 Å². The van der Waals surface area contributed by atoms with Gasteiger partial charge in [-0.1, -0.05) is 13.8 Å². The molecule has 1 N–H and O–H groups in total. The van der Waals surface area contributed by atoms with E-state index in [4.69, 9.17) is 4.74 Å². The fraction of sp³-hybridized carbons (Fsp3) is 0.882. The number of hydrogen-bond acceptors (Lipinski definition) is 3. The molecule has 1 saturated heterocycles. The molecular formula is C17H31N3O3. The summed E-state index contributed by atoms with van der Waals surface area (Å²) in [7, 11) is 1.73. The van der Waals surface area contributed by atoms with Crippen LogP contribution in [0.1, 0.15) is 46.5 Å². The molecule has 1 heterocycles. The third-order valence-electron chi connectivity index (χ3n) is 5.32. The highest BCUT2D eigenvalue weighted by molar-refractivity contribution is 5.78. The van der Waals surface area contributed by atoms with Gasteiger partial charge in [-0.25, -0.2) is 4.79 Å². The summed E-state index contributed by atoms with van der Waals surface area (Å²) in [4.78, 5) is 28.3. The maximum Gasteiger partial charge on any atom is 0.317 e. The number of hydrogen-bond donors (Lipinski definition) is 1. The maximum atomic E-state index is 12.5. The second kappa shape index (κ2) is 7.51. The summed E-state index contributed by atoms with van der Waals surface area (Å²) in [6.07, 6.45) is 3.99. The van der Waals surface area contributed by atoms with Gasteiger partial charge in [0.2, 0.25) is 5.91 Å². The molecule has 6 nitrogen and oxygen atoms in total. The van der Waals surface area contributed by atoms with Gasteiger partial charge >= 0.3 is 6.03 Å². The quantitative estimate of drug-likeness (QED) is 0.858. The number of carbonyl (C=O) groups is 2. The van der Waals surface area contributed by atoms with E-state index in [1.54, 1.807) is 7.11 Å². The van der Waals surface area contributed by atoms with E-state index in [2.05, 4.69) is 5.32 Å². The van der Waals surface area contributed by atoms with Crippen LogP contribution in [0.5, 0.6) is 0 Å². The topological polar surface area (TPSA) is 61.9 Å². The van der Waals surface area contributed by atoms with Crippen LogP contribution < -0.4 is 5.32 Å². The van der Waals surface area contributed by atoms with Gasteiger partial charge in [-0.05, 0) is 32.6 Å². The van der Waals surface area contributed by atoms with Crippen LogP contribution in [0.3, 0.4) is 0 Å². The largest absolute Gasteiger partial charge is 0.376 e. The van der Waals surface area contributed by atoms with Crippen molar-refractivity contribution in [2.24, 2.45) is 5.92 Å². The minimum atomic E-state index is -0.193. The second-order valence-corrected chi connectivity index (χ2v) is 7.11. The van der Waals surface area contributed by atoms with E-state index < -0.39 is 0 Å². The molecule has 132 valence electrons. The van der Waals surface area contributed by atoms with E-state index in [0.717, 1.165) is 32.2 Å². The Hall–Kier alpha value is -1.30. The smallest absolute Gasteiger partial charge is 0.317 e. The minimum absolute atomic E-state index is 0.00500. The van der Waals surface area contributed by atoms with Crippen LogP contribution >= 0.6 is 0 Å². The Morgan fingerprint density at radius 2 is 1.61 bits per heavy atom. The van der Waals surface area contributed by atoms with Gasteiger partial charge in [0.1, 0.15) is 0 Å². The molecule has 1 saturated carbocycles. The average molecular weight is 325 g/mol. The summed E-state index contributed by atoms with van der Waals surface area (Å²) in [5, 5.41) is 3.10. The van der Waals surface area contributed by atoms with E-state index in [0.29, 0.717) is 19.6 Å². The van der Waals surface area contributed by atoms with Crippen molar-refractivity contribution in [2.75, 3.05) is 33.3 Å². The van der Waals surface area contributed by atoms with E-state index in [-0.39, 0.29) is 29.5 Å². The fourth-order valence-corrected chi connectivity index (χ4v) is 3.45. The van der Waals surface area contributed by atoms with Crippen molar-refractivity contribution in [2.45, 2.75) is 58.1 Å². The second-order valence-electron chi connectivity index (χ2n) is 7.11. The molecular weight excluding hydrogens is 294 g/mol. The van der Waals surface area contributed by atoms with Gasteiger partial charge in [0.25, 0.3) is 0 Å². The molecule has 2 aliphatic rings. The highest BCUT2D eigenvalue weighted by atomic mass is 16.5. The van der Waals surface area contributed by atoms with E-state index >= 15 is 0 Å². The van der Waals surface area contributed by atoms with Gasteiger partial charge in [0, 0.05) is 39.2 Å². The number of nitrogens with zero attached hydrogens (tertiary/aromatic N) is 2. The summed E-state index contributed by atoms with van der Waals surface area (Å²) in [6, 6.07) is -0.0370. The molecule has 0 aromatic rings. The summed E-state index contributed by atoms with van der Waals surface area (Å²) in [5.41, 5.74) is -0.193. The monoisotopic (exact) mass is 325 g/mol. The number of urea groups is 1. The Balaban J connectivity index is 1.87. The normalized spacial score (nSPS) is 22.3. The minimum Gasteiger partial charge on any atom is -0.376 e. The average Bonchev–Trinajstić information content (AvgIpc) is 2.71. The molecule has 3 amide bonds. The molecule has 0 bridgehead atoms. The molecule has 1 aliphatic heterocycles. The van der Waals surface area contributed by atoms with Crippen molar-refractivity contribution in [3.63, 3.8) is 0 Å². The zero-order valence-electron chi connectivity index (χ0n) is 14.9. The first-order valence-electron chi connectivity index (χ1n) is 8.79. The number of methoxy groups -OCH3 is 1. The lowest BCUT2D eigenvalue weighted by molar-refractivity contribution is -0.134. The lowest BCUT2D eigenvalue weighted by Gasteiger charge is -2.45. The summed E-state index contributed by atoms with van der Waals surface area (Å²) < 4.78 is 5.64. The summed E-state index contributed by atoms with van der Waals surface area (Å²) in [5.74, 6) is 0.184. The van der Waals surface area contributed by atoms with Crippen molar-refractivity contribution < 1.29 is 14.3 Å². The lowest BCUT2D eigenvalue weighted by Crippen LogP contribution is -2.58. The van der Waals surface area contributed by atoms with Crippen LogP contribution in [0, 0.1) is 5.92 Å². The molecule has 0 aromatic carbocycles. The standard InChI is InChI=1S/C17H31N3O3/c1-13(2)15(21)19-9-6-10-20(12-11-19)16(22)18-14(3)17(23-4)7-5-8-17/h13-14H,5-12H2,1-4H3,(H,18,22). The van der Waals surface area contributed by atoms with E-state index in [1.165, 1.54) is 0 Å². The van der Waals surface area contributed by atoms with Crippen LogP contribution in [0.15, 0.2) is 0 Å². The lowest BCUT2D eigenvalue weighted by atomic mass is 9.75. The van der Waals surface area contributed by atoms with E-state index in [9.17, 15) is 9.59 Å². The number of nitrogens with one attached hydrogen (secondary N) is 1. The van der Waals surface area contributed by atoms with Gasteiger partial charge in [0.15, 0.2) is 0 Å². The van der Waals surface area contributed by atoms with Crippen molar-refractivity contribution in [3.8, 4) is 0 Å². The van der Waals surface area contributed by atoms with Crippen LogP contribution in [-0.4, -0.2) is 66.7 Å². The molecule has 0 spiro atoms. The first-order valence-corrected chi connectivity index (χ1v) is 8.79. The number of rotatable bonds is 4. The molecule has 2 rings (SSSR count). The molecule has 23 heavy (non-hydrogen) atoms.